The van der Waals surface area contributed by atoms with Gasteiger partial charge in [-0.05, 0) is 22.9 Å². The standard InChI is InChI=1S/C6H9BrN2OS/c1-3-8-5(11)4(7)6(10)9(3)2/h3,10H,1-2H3,(H,8,11). The largest absolute Gasteiger partial charge is 0.494 e. The van der Waals surface area contributed by atoms with Crippen molar-refractivity contribution in [1.29, 1.82) is 0 Å². The zero-order valence-electron chi connectivity index (χ0n) is 6.24. The van der Waals surface area contributed by atoms with E-state index in [0.29, 0.717) is 9.53 Å². The number of hydrogen-bond donors (Lipinski definition) is 2. The number of rotatable bonds is 0. The number of hydrogen-bond acceptors (Lipinski definition) is 3. The number of aliphatic hydroxyl groups is 1. The molecule has 5 heteroatoms. The Morgan fingerprint density at radius 3 is 2.82 bits per heavy atom. The van der Waals surface area contributed by atoms with Crippen LogP contribution in [0.15, 0.2) is 15.4 Å². The average molecular weight is 237 g/mol. The van der Waals surface area contributed by atoms with Crippen LogP contribution in [-0.4, -0.2) is 28.3 Å². The van der Waals surface area contributed by atoms with Gasteiger partial charge in [-0.25, -0.2) is 0 Å². The Morgan fingerprint density at radius 2 is 2.27 bits per heavy atom. The summed E-state index contributed by atoms with van der Waals surface area (Å²) >= 11 is 7.24. The molecule has 1 aliphatic heterocycles. The number of aliphatic hydroxyl groups excluding tert-OH is 1. The molecule has 0 aromatic heterocycles. The minimum atomic E-state index is -0.0520. The molecule has 1 atom stereocenters. The summed E-state index contributed by atoms with van der Waals surface area (Å²) in [4.78, 5) is 5.79. The van der Waals surface area contributed by atoms with Crippen LogP contribution < -0.4 is 0 Å². The van der Waals surface area contributed by atoms with Crippen LogP contribution >= 0.6 is 28.6 Å². The minimum absolute atomic E-state index is 0.0520. The van der Waals surface area contributed by atoms with Gasteiger partial charge >= 0.3 is 0 Å². The lowest BCUT2D eigenvalue weighted by atomic mass is 10.4. The van der Waals surface area contributed by atoms with E-state index < -0.39 is 0 Å². The van der Waals surface area contributed by atoms with Gasteiger partial charge in [-0.1, -0.05) is 0 Å². The van der Waals surface area contributed by atoms with Gasteiger partial charge in [0.2, 0.25) is 5.88 Å². The second-order valence-corrected chi connectivity index (χ2v) is 3.55. The monoisotopic (exact) mass is 236 g/mol. The summed E-state index contributed by atoms with van der Waals surface area (Å²) in [6, 6.07) is 0. The van der Waals surface area contributed by atoms with Crippen LogP contribution in [0.1, 0.15) is 6.92 Å². The van der Waals surface area contributed by atoms with Crippen LogP contribution in [0.3, 0.4) is 0 Å². The third kappa shape index (κ3) is 1.54. The Kier molecular flexibility index (Phi) is 2.49. The SMILES string of the molecule is CC1N=C(S)C(Br)=C(O)N1C. The number of halogens is 1. The van der Waals surface area contributed by atoms with Gasteiger partial charge in [-0.3, -0.25) is 4.99 Å². The van der Waals surface area contributed by atoms with Crippen molar-refractivity contribution in [2.75, 3.05) is 7.05 Å². The van der Waals surface area contributed by atoms with E-state index in [1.54, 1.807) is 11.9 Å². The van der Waals surface area contributed by atoms with Gasteiger partial charge in [0.1, 0.15) is 15.7 Å². The number of nitrogens with zero attached hydrogens (tertiary/aromatic N) is 2. The summed E-state index contributed by atoms with van der Waals surface area (Å²) < 4.78 is 0.543. The molecule has 0 fully saturated rings. The maximum absolute atomic E-state index is 9.42. The van der Waals surface area contributed by atoms with Crippen molar-refractivity contribution in [2.45, 2.75) is 13.1 Å². The van der Waals surface area contributed by atoms with Gasteiger partial charge in [-0.15, -0.1) is 12.6 Å². The highest BCUT2D eigenvalue weighted by atomic mass is 79.9. The quantitative estimate of drug-likeness (QED) is 0.629. The fourth-order valence-corrected chi connectivity index (χ4v) is 1.40. The molecule has 0 radical (unpaired) electrons. The highest BCUT2D eigenvalue weighted by Gasteiger charge is 2.21. The van der Waals surface area contributed by atoms with Gasteiger partial charge in [0.05, 0.1) is 0 Å². The molecule has 0 aromatic rings. The van der Waals surface area contributed by atoms with Gasteiger partial charge in [0.25, 0.3) is 0 Å². The van der Waals surface area contributed by atoms with E-state index in [1.807, 2.05) is 6.92 Å². The lowest BCUT2D eigenvalue weighted by Gasteiger charge is -2.27. The predicted octanol–water partition coefficient (Wildman–Crippen LogP) is 1.73. The average Bonchev–Trinajstić information content (AvgIpc) is 1.97. The Morgan fingerprint density at radius 1 is 1.73 bits per heavy atom. The molecule has 0 saturated heterocycles. The molecule has 11 heavy (non-hydrogen) atoms. The summed E-state index contributed by atoms with van der Waals surface area (Å²) in [6.07, 6.45) is -0.0520. The predicted molar refractivity (Wildman–Crippen MR) is 52.2 cm³/mol. The molecule has 3 nitrogen and oxygen atoms in total. The second kappa shape index (κ2) is 3.06. The first kappa shape index (κ1) is 8.93. The third-order valence-electron chi connectivity index (χ3n) is 1.60. The molecule has 0 bridgehead atoms. The van der Waals surface area contributed by atoms with Crippen molar-refractivity contribution in [3.63, 3.8) is 0 Å². The molecule has 0 spiro atoms. The van der Waals surface area contributed by atoms with Crippen molar-refractivity contribution in [3.8, 4) is 0 Å². The molecule has 1 N–H and O–H groups in total. The highest BCUT2D eigenvalue weighted by Crippen LogP contribution is 2.23. The Labute approximate surface area is 79.3 Å². The van der Waals surface area contributed by atoms with Crippen LogP contribution in [0, 0.1) is 0 Å². The zero-order valence-corrected chi connectivity index (χ0v) is 8.72. The van der Waals surface area contributed by atoms with E-state index in [9.17, 15) is 5.11 Å². The Hall–Kier alpha value is -0.160. The molecule has 0 saturated carbocycles. The Bertz CT molecular complexity index is 239. The van der Waals surface area contributed by atoms with Crippen molar-refractivity contribution in [1.82, 2.24) is 4.90 Å². The third-order valence-corrected chi connectivity index (χ3v) is 2.97. The summed E-state index contributed by atoms with van der Waals surface area (Å²) in [5.74, 6) is 0.178. The first-order chi connectivity index (χ1) is 5.04. The molecule has 62 valence electrons. The molecule has 1 rings (SSSR count). The summed E-state index contributed by atoms with van der Waals surface area (Å²) in [6.45, 7) is 1.88. The molecule has 0 amide bonds. The molecule has 0 aromatic carbocycles. The number of aliphatic imine (C=N–C) groups is 1. The lowest BCUT2D eigenvalue weighted by molar-refractivity contribution is 0.191. The lowest BCUT2D eigenvalue weighted by Crippen LogP contribution is -2.31. The highest BCUT2D eigenvalue weighted by molar-refractivity contribution is 9.12. The molecular weight excluding hydrogens is 228 g/mol. The topological polar surface area (TPSA) is 35.8 Å². The maximum Gasteiger partial charge on any atom is 0.205 e. The van der Waals surface area contributed by atoms with Crippen LogP contribution in [-0.2, 0) is 0 Å². The van der Waals surface area contributed by atoms with Gasteiger partial charge in [0, 0.05) is 7.05 Å². The zero-order chi connectivity index (χ0) is 8.59. The first-order valence-electron chi connectivity index (χ1n) is 3.12. The van der Waals surface area contributed by atoms with E-state index in [4.69, 9.17) is 0 Å². The van der Waals surface area contributed by atoms with Crippen molar-refractivity contribution in [2.24, 2.45) is 4.99 Å². The minimum Gasteiger partial charge on any atom is -0.494 e. The Balaban J connectivity index is 3.02. The molecule has 1 heterocycles. The maximum atomic E-state index is 9.42. The van der Waals surface area contributed by atoms with E-state index in [0.717, 1.165) is 0 Å². The van der Waals surface area contributed by atoms with E-state index in [1.165, 1.54) is 0 Å². The first-order valence-corrected chi connectivity index (χ1v) is 4.36. The van der Waals surface area contributed by atoms with Gasteiger partial charge in [-0.2, -0.15) is 0 Å². The summed E-state index contributed by atoms with van der Waals surface area (Å²) in [5.41, 5.74) is 0. The summed E-state index contributed by atoms with van der Waals surface area (Å²) in [7, 11) is 1.77. The van der Waals surface area contributed by atoms with Crippen LogP contribution in [0.4, 0.5) is 0 Å². The fraction of sp³-hybridized carbons (Fsp3) is 0.500. The smallest absolute Gasteiger partial charge is 0.205 e. The molecule has 0 aliphatic carbocycles. The van der Waals surface area contributed by atoms with Gasteiger partial charge in [0.15, 0.2) is 0 Å². The molecular formula is C6H9BrN2OS. The van der Waals surface area contributed by atoms with Crippen LogP contribution in [0.2, 0.25) is 0 Å². The fourth-order valence-electron chi connectivity index (χ4n) is 0.752. The van der Waals surface area contributed by atoms with Crippen molar-refractivity contribution in [3.05, 3.63) is 10.4 Å². The van der Waals surface area contributed by atoms with Crippen molar-refractivity contribution >= 4 is 33.6 Å². The van der Waals surface area contributed by atoms with Crippen LogP contribution in [0.25, 0.3) is 0 Å². The normalized spacial score (nSPS) is 25.6. The van der Waals surface area contributed by atoms with Crippen LogP contribution in [0.5, 0.6) is 0 Å². The molecule has 1 unspecified atom stereocenters. The van der Waals surface area contributed by atoms with E-state index in [-0.39, 0.29) is 12.0 Å². The second-order valence-electron chi connectivity index (χ2n) is 2.33. The van der Waals surface area contributed by atoms with E-state index in [2.05, 4.69) is 33.6 Å². The van der Waals surface area contributed by atoms with Gasteiger partial charge < -0.3 is 10.0 Å². The molecule has 1 aliphatic rings. The summed E-state index contributed by atoms with van der Waals surface area (Å²) in [5, 5.41) is 9.95. The van der Waals surface area contributed by atoms with E-state index >= 15 is 0 Å². The van der Waals surface area contributed by atoms with Crippen molar-refractivity contribution < 1.29 is 5.11 Å². The number of thiol groups is 1.